The summed E-state index contributed by atoms with van der Waals surface area (Å²) in [5.41, 5.74) is 2.99. The van der Waals surface area contributed by atoms with Crippen LogP contribution in [-0.2, 0) is 23.0 Å². The number of sulfonamides is 1. The number of benzene rings is 2. The quantitative estimate of drug-likeness (QED) is 0.733. The molecule has 0 fully saturated rings. The molecule has 6 nitrogen and oxygen atoms in total. The van der Waals surface area contributed by atoms with Gasteiger partial charge in [-0.05, 0) is 37.1 Å². The fourth-order valence-corrected chi connectivity index (χ4v) is 3.35. The summed E-state index contributed by atoms with van der Waals surface area (Å²) in [6, 6.07) is 14.5. The Morgan fingerprint density at radius 3 is 2.56 bits per heavy atom. The summed E-state index contributed by atoms with van der Waals surface area (Å²) in [5, 5.41) is 3.90. The topological polar surface area (TPSA) is 85.1 Å². The van der Waals surface area contributed by atoms with Crippen LogP contribution in [0.4, 0.5) is 0 Å². The first-order valence-corrected chi connectivity index (χ1v) is 9.44. The fraction of sp³-hybridized carbons (Fsp3) is 0.222. The van der Waals surface area contributed by atoms with E-state index in [-0.39, 0.29) is 17.3 Å². The molecule has 0 amide bonds. The lowest BCUT2D eigenvalue weighted by atomic mass is 10.1. The predicted octanol–water partition coefficient (Wildman–Crippen LogP) is 3.09. The minimum Gasteiger partial charge on any atom is -0.338 e. The van der Waals surface area contributed by atoms with Gasteiger partial charge in [-0.25, -0.2) is 13.1 Å². The van der Waals surface area contributed by atoms with Crippen molar-refractivity contribution in [2.24, 2.45) is 0 Å². The Labute approximate surface area is 147 Å². The lowest BCUT2D eigenvalue weighted by molar-refractivity contribution is 0.376. The van der Waals surface area contributed by atoms with Gasteiger partial charge < -0.3 is 4.52 Å². The zero-order valence-electron chi connectivity index (χ0n) is 14.1. The van der Waals surface area contributed by atoms with E-state index in [2.05, 4.69) is 14.9 Å². The number of nitrogens with one attached hydrogen (secondary N) is 1. The molecular weight excluding hydrogens is 338 g/mol. The first-order valence-electron chi connectivity index (χ1n) is 7.96. The van der Waals surface area contributed by atoms with Gasteiger partial charge in [0.15, 0.2) is 0 Å². The van der Waals surface area contributed by atoms with Crippen LogP contribution >= 0.6 is 0 Å². The Bertz CT molecular complexity index is 963. The summed E-state index contributed by atoms with van der Waals surface area (Å²) in [6.45, 7) is 3.93. The highest BCUT2D eigenvalue weighted by atomic mass is 32.2. The normalized spacial score (nSPS) is 11.6. The van der Waals surface area contributed by atoms with E-state index < -0.39 is 10.0 Å². The van der Waals surface area contributed by atoms with Gasteiger partial charge in [-0.1, -0.05) is 48.0 Å². The Morgan fingerprint density at radius 2 is 1.88 bits per heavy atom. The Balaban J connectivity index is 1.70. The van der Waals surface area contributed by atoms with E-state index in [1.807, 2.05) is 38.1 Å². The minimum atomic E-state index is -3.62. The number of hydrogen-bond donors (Lipinski definition) is 1. The largest absolute Gasteiger partial charge is 0.338 e. The monoisotopic (exact) mass is 357 g/mol. The van der Waals surface area contributed by atoms with E-state index in [1.54, 1.807) is 24.3 Å². The van der Waals surface area contributed by atoms with Crippen LogP contribution in [0.3, 0.4) is 0 Å². The second-order valence-corrected chi connectivity index (χ2v) is 7.47. The van der Waals surface area contributed by atoms with Crippen molar-refractivity contribution in [3.8, 4) is 11.4 Å². The third-order valence-corrected chi connectivity index (χ3v) is 5.22. The van der Waals surface area contributed by atoms with Crippen molar-refractivity contribution in [2.75, 3.05) is 0 Å². The van der Waals surface area contributed by atoms with Crippen LogP contribution < -0.4 is 4.72 Å². The zero-order valence-corrected chi connectivity index (χ0v) is 14.9. The maximum absolute atomic E-state index is 12.3. The highest BCUT2D eigenvalue weighted by molar-refractivity contribution is 7.89. The summed E-state index contributed by atoms with van der Waals surface area (Å²) in [4.78, 5) is 4.45. The maximum atomic E-state index is 12.3. The minimum absolute atomic E-state index is 0.0589. The van der Waals surface area contributed by atoms with Gasteiger partial charge in [0, 0.05) is 5.56 Å². The molecule has 0 aliphatic heterocycles. The van der Waals surface area contributed by atoms with E-state index >= 15 is 0 Å². The lowest BCUT2D eigenvalue weighted by Gasteiger charge is -2.05. The van der Waals surface area contributed by atoms with Crippen LogP contribution in [0.25, 0.3) is 11.4 Å². The van der Waals surface area contributed by atoms with Gasteiger partial charge in [0.1, 0.15) is 0 Å². The first-order chi connectivity index (χ1) is 12.0. The number of rotatable bonds is 6. The van der Waals surface area contributed by atoms with E-state index in [0.717, 1.165) is 23.1 Å². The number of hydrogen-bond acceptors (Lipinski definition) is 5. The van der Waals surface area contributed by atoms with Crippen molar-refractivity contribution in [1.29, 1.82) is 0 Å². The molecule has 0 spiro atoms. The van der Waals surface area contributed by atoms with Crippen LogP contribution in [0.5, 0.6) is 0 Å². The highest BCUT2D eigenvalue weighted by Gasteiger charge is 2.16. The van der Waals surface area contributed by atoms with Crippen LogP contribution in [0.2, 0.25) is 0 Å². The van der Waals surface area contributed by atoms with Gasteiger partial charge in [0.05, 0.1) is 11.4 Å². The molecule has 0 saturated carbocycles. The van der Waals surface area contributed by atoms with Gasteiger partial charge in [-0.2, -0.15) is 4.98 Å². The standard InChI is InChI=1S/C18H19N3O3S/c1-3-14-7-9-16(10-8-14)25(22,23)19-12-17-20-18(21-24-17)15-6-4-5-13(2)11-15/h4-11,19H,3,12H2,1-2H3. The summed E-state index contributed by atoms with van der Waals surface area (Å²) in [7, 11) is -3.62. The Morgan fingerprint density at radius 1 is 1.12 bits per heavy atom. The third kappa shape index (κ3) is 4.12. The molecular formula is C18H19N3O3S. The SMILES string of the molecule is CCc1ccc(S(=O)(=O)NCc2nc(-c3cccc(C)c3)no2)cc1. The molecule has 1 N–H and O–H groups in total. The number of aryl methyl sites for hydroxylation is 2. The second-order valence-electron chi connectivity index (χ2n) is 5.70. The van der Waals surface area contributed by atoms with Crippen molar-refractivity contribution in [3.63, 3.8) is 0 Å². The molecule has 0 saturated heterocycles. The predicted molar refractivity (Wildman–Crippen MR) is 94.3 cm³/mol. The number of aromatic nitrogens is 2. The molecule has 3 aromatic rings. The smallest absolute Gasteiger partial charge is 0.242 e. The lowest BCUT2D eigenvalue weighted by Crippen LogP contribution is -2.23. The molecule has 0 aliphatic rings. The highest BCUT2D eigenvalue weighted by Crippen LogP contribution is 2.17. The molecule has 1 aromatic heterocycles. The molecule has 1 heterocycles. The zero-order chi connectivity index (χ0) is 17.9. The van der Waals surface area contributed by atoms with Crippen molar-refractivity contribution in [1.82, 2.24) is 14.9 Å². The van der Waals surface area contributed by atoms with Gasteiger partial charge in [0.2, 0.25) is 21.7 Å². The number of nitrogens with zero attached hydrogens (tertiary/aromatic N) is 2. The molecule has 0 aliphatic carbocycles. The van der Waals surface area contributed by atoms with Gasteiger partial charge in [-0.15, -0.1) is 0 Å². The van der Waals surface area contributed by atoms with Crippen molar-refractivity contribution >= 4 is 10.0 Å². The van der Waals surface area contributed by atoms with Crippen molar-refractivity contribution < 1.29 is 12.9 Å². The summed E-state index contributed by atoms with van der Waals surface area (Å²) < 4.78 is 32.3. The molecule has 0 atom stereocenters. The molecule has 0 radical (unpaired) electrons. The molecule has 25 heavy (non-hydrogen) atoms. The summed E-state index contributed by atoms with van der Waals surface area (Å²) >= 11 is 0. The van der Waals surface area contributed by atoms with Crippen LogP contribution in [0.1, 0.15) is 23.9 Å². The fourth-order valence-electron chi connectivity index (χ4n) is 2.37. The maximum Gasteiger partial charge on any atom is 0.242 e. The molecule has 3 rings (SSSR count). The molecule has 0 unspecified atom stereocenters. The average molecular weight is 357 g/mol. The molecule has 130 valence electrons. The van der Waals surface area contributed by atoms with Crippen molar-refractivity contribution in [3.05, 3.63) is 65.5 Å². The van der Waals surface area contributed by atoms with E-state index in [9.17, 15) is 8.42 Å². The van der Waals surface area contributed by atoms with Crippen LogP contribution in [-0.4, -0.2) is 18.6 Å². The molecule has 0 bridgehead atoms. The van der Waals surface area contributed by atoms with E-state index in [0.29, 0.717) is 5.82 Å². The van der Waals surface area contributed by atoms with Gasteiger partial charge in [-0.3, -0.25) is 0 Å². The Hall–Kier alpha value is -2.51. The van der Waals surface area contributed by atoms with Crippen molar-refractivity contribution in [2.45, 2.75) is 31.7 Å². The van der Waals surface area contributed by atoms with Crippen LogP contribution in [0.15, 0.2) is 57.9 Å². The first kappa shape index (κ1) is 17.3. The summed E-state index contributed by atoms with van der Waals surface area (Å²) in [5.74, 6) is 0.649. The summed E-state index contributed by atoms with van der Waals surface area (Å²) in [6.07, 6.45) is 0.859. The third-order valence-electron chi connectivity index (χ3n) is 3.80. The molecule has 2 aromatic carbocycles. The Kier molecular flexibility index (Phi) is 4.96. The van der Waals surface area contributed by atoms with Gasteiger partial charge in [0.25, 0.3) is 0 Å². The van der Waals surface area contributed by atoms with Crippen LogP contribution in [0, 0.1) is 6.92 Å². The van der Waals surface area contributed by atoms with E-state index in [1.165, 1.54) is 0 Å². The molecule has 7 heteroatoms. The van der Waals surface area contributed by atoms with Gasteiger partial charge >= 0.3 is 0 Å². The van der Waals surface area contributed by atoms with E-state index in [4.69, 9.17) is 4.52 Å². The average Bonchev–Trinajstić information content (AvgIpc) is 3.09. The second kappa shape index (κ2) is 7.16.